The Kier molecular flexibility index (Phi) is 5.08. The highest BCUT2D eigenvalue weighted by Crippen LogP contribution is 2.30. The van der Waals surface area contributed by atoms with E-state index < -0.39 is 0 Å². The molecule has 3 aromatic rings. The van der Waals surface area contributed by atoms with Gasteiger partial charge in [-0.15, -0.1) is 0 Å². The number of halogens is 1. The zero-order chi connectivity index (χ0) is 19.6. The van der Waals surface area contributed by atoms with Crippen molar-refractivity contribution < 1.29 is 9.13 Å². The molecule has 0 amide bonds. The summed E-state index contributed by atoms with van der Waals surface area (Å²) in [7, 11) is 0. The summed E-state index contributed by atoms with van der Waals surface area (Å²) in [5, 5.41) is 5.06. The van der Waals surface area contributed by atoms with Gasteiger partial charge in [0.2, 0.25) is 0 Å². The lowest BCUT2D eigenvalue weighted by atomic mass is 10.1. The maximum atomic E-state index is 14.4. The Morgan fingerprint density at radius 2 is 1.69 bits per heavy atom. The van der Waals surface area contributed by atoms with E-state index in [1.807, 2.05) is 24.3 Å². The second-order valence-electron chi connectivity index (χ2n) is 7.83. The molecule has 1 N–H and O–H groups in total. The Labute approximate surface area is 170 Å². The van der Waals surface area contributed by atoms with Crippen LogP contribution in [0.25, 0.3) is 10.8 Å². The van der Waals surface area contributed by atoms with Crippen molar-refractivity contribution in [3.8, 4) is 5.75 Å². The van der Waals surface area contributed by atoms with E-state index in [0.29, 0.717) is 6.61 Å². The van der Waals surface area contributed by atoms with Gasteiger partial charge in [-0.2, -0.15) is 0 Å². The lowest BCUT2D eigenvalue weighted by Crippen LogP contribution is -2.47. The zero-order valence-electron chi connectivity index (χ0n) is 16.5. The molecule has 2 aliphatic rings. The Morgan fingerprint density at radius 3 is 2.55 bits per heavy atom. The van der Waals surface area contributed by atoms with Crippen LogP contribution < -0.4 is 15.0 Å². The average Bonchev–Trinajstić information content (AvgIpc) is 3.22. The number of anilines is 1. The summed E-state index contributed by atoms with van der Waals surface area (Å²) in [4.78, 5) is 4.73. The summed E-state index contributed by atoms with van der Waals surface area (Å²) in [5.41, 5.74) is 3.72. The van der Waals surface area contributed by atoms with E-state index in [1.54, 1.807) is 12.1 Å². The molecule has 150 valence electrons. The molecule has 1 fully saturated rings. The SMILES string of the molecule is Fc1cccc2cccc(N3CCN(CCOc4ccc5c(c4)CNC5)CC3)c12. The van der Waals surface area contributed by atoms with E-state index in [1.165, 1.54) is 11.1 Å². The second-order valence-corrected chi connectivity index (χ2v) is 7.83. The first-order chi connectivity index (χ1) is 14.3. The van der Waals surface area contributed by atoms with Gasteiger partial charge in [0.1, 0.15) is 18.2 Å². The third-order valence-electron chi connectivity index (χ3n) is 6.03. The van der Waals surface area contributed by atoms with E-state index in [9.17, 15) is 4.39 Å². The molecule has 0 bridgehead atoms. The number of piperazine rings is 1. The third kappa shape index (κ3) is 3.80. The van der Waals surface area contributed by atoms with Gasteiger partial charge in [0.05, 0.1) is 0 Å². The third-order valence-corrected chi connectivity index (χ3v) is 6.03. The molecule has 0 aliphatic carbocycles. The lowest BCUT2D eigenvalue weighted by molar-refractivity contribution is 0.200. The molecule has 0 atom stereocenters. The molecule has 0 spiro atoms. The monoisotopic (exact) mass is 391 g/mol. The van der Waals surface area contributed by atoms with Crippen molar-refractivity contribution in [1.82, 2.24) is 10.2 Å². The number of ether oxygens (including phenoxy) is 1. The van der Waals surface area contributed by atoms with Gasteiger partial charge >= 0.3 is 0 Å². The van der Waals surface area contributed by atoms with Crippen LogP contribution in [0.1, 0.15) is 11.1 Å². The van der Waals surface area contributed by atoms with Gasteiger partial charge in [0.15, 0.2) is 0 Å². The molecule has 3 aromatic carbocycles. The molecule has 29 heavy (non-hydrogen) atoms. The van der Waals surface area contributed by atoms with Crippen molar-refractivity contribution in [1.29, 1.82) is 0 Å². The normalized spacial score (nSPS) is 16.9. The van der Waals surface area contributed by atoms with Crippen LogP contribution >= 0.6 is 0 Å². The van der Waals surface area contributed by atoms with E-state index in [4.69, 9.17) is 4.74 Å². The first kappa shape index (κ1) is 18.4. The fraction of sp³-hybridized carbons (Fsp3) is 0.333. The first-order valence-electron chi connectivity index (χ1n) is 10.4. The quantitative estimate of drug-likeness (QED) is 0.716. The van der Waals surface area contributed by atoms with Gasteiger partial charge in [-0.05, 0) is 40.8 Å². The maximum Gasteiger partial charge on any atom is 0.133 e. The van der Waals surface area contributed by atoms with E-state index in [0.717, 1.165) is 68.0 Å². The molecule has 0 radical (unpaired) electrons. The molecule has 1 saturated heterocycles. The molecular formula is C24H26FN3O. The van der Waals surface area contributed by atoms with E-state index in [2.05, 4.69) is 33.3 Å². The number of fused-ring (bicyclic) bond motifs is 2. The topological polar surface area (TPSA) is 27.7 Å². The molecule has 5 rings (SSSR count). The Balaban J connectivity index is 1.16. The van der Waals surface area contributed by atoms with E-state index in [-0.39, 0.29) is 5.82 Å². The molecule has 0 saturated carbocycles. The highest BCUT2D eigenvalue weighted by Gasteiger charge is 2.20. The largest absolute Gasteiger partial charge is 0.492 e. The summed E-state index contributed by atoms with van der Waals surface area (Å²) in [5.74, 6) is 0.816. The van der Waals surface area contributed by atoms with Crippen LogP contribution in [0.2, 0.25) is 0 Å². The Hall–Kier alpha value is -2.63. The Bertz CT molecular complexity index is 1010. The summed E-state index contributed by atoms with van der Waals surface area (Å²) in [6.45, 7) is 7.21. The summed E-state index contributed by atoms with van der Waals surface area (Å²) >= 11 is 0. The van der Waals surface area contributed by atoms with Crippen molar-refractivity contribution in [2.75, 3.05) is 44.2 Å². The zero-order valence-corrected chi connectivity index (χ0v) is 16.5. The van der Waals surface area contributed by atoms with Crippen LogP contribution in [0.3, 0.4) is 0 Å². The summed E-state index contributed by atoms with van der Waals surface area (Å²) < 4.78 is 20.4. The fourth-order valence-electron chi connectivity index (χ4n) is 4.41. The number of hydrogen-bond donors (Lipinski definition) is 1. The van der Waals surface area contributed by atoms with Gasteiger partial charge in [0, 0.05) is 56.9 Å². The molecule has 0 unspecified atom stereocenters. The van der Waals surface area contributed by atoms with Gasteiger partial charge in [-0.3, -0.25) is 4.90 Å². The molecular weight excluding hydrogens is 365 g/mol. The number of nitrogens with zero attached hydrogens (tertiary/aromatic N) is 2. The first-order valence-corrected chi connectivity index (χ1v) is 10.4. The standard InChI is InChI=1S/C24H26FN3O/c25-22-5-1-3-18-4-2-6-23(24(18)22)28-11-9-27(10-12-28)13-14-29-21-8-7-19-16-26-17-20(19)15-21/h1-8,15,26H,9-14,16-17H2. The van der Waals surface area contributed by atoms with Crippen molar-refractivity contribution in [3.05, 3.63) is 71.5 Å². The smallest absolute Gasteiger partial charge is 0.133 e. The van der Waals surface area contributed by atoms with Crippen LogP contribution in [0.15, 0.2) is 54.6 Å². The van der Waals surface area contributed by atoms with Crippen LogP contribution in [0.5, 0.6) is 5.75 Å². The minimum absolute atomic E-state index is 0.140. The lowest BCUT2D eigenvalue weighted by Gasteiger charge is -2.36. The van der Waals surface area contributed by atoms with Gasteiger partial charge < -0.3 is 15.0 Å². The molecule has 5 heteroatoms. The second kappa shape index (κ2) is 8.01. The highest BCUT2D eigenvalue weighted by molar-refractivity contribution is 5.94. The molecule has 0 aromatic heterocycles. The van der Waals surface area contributed by atoms with Crippen molar-refractivity contribution in [2.24, 2.45) is 0 Å². The van der Waals surface area contributed by atoms with Crippen molar-refractivity contribution in [2.45, 2.75) is 13.1 Å². The number of rotatable bonds is 5. The van der Waals surface area contributed by atoms with Gasteiger partial charge in [-0.25, -0.2) is 4.39 Å². The predicted octanol–water partition coefficient (Wildman–Crippen LogP) is 3.78. The van der Waals surface area contributed by atoms with Gasteiger partial charge in [0.25, 0.3) is 0 Å². The Morgan fingerprint density at radius 1 is 0.897 bits per heavy atom. The summed E-state index contributed by atoms with van der Waals surface area (Å²) in [6, 6.07) is 17.7. The van der Waals surface area contributed by atoms with Crippen LogP contribution in [-0.4, -0.2) is 44.2 Å². The van der Waals surface area contributed by atoms with Crippen LogP contribution in [-0.2, 0) is 13.1 Å². The molecule has 2 heterocycles. The van der Waals surface area contributed by atoms with Gasteiger partial charge in [-0.1, -0.05) is 30.3 Å². The van der Waals surface area contributed by atoms with Crippen molar-refractivity contribution in [3.63, 3.8) is 0 Å². The highest BCUT2D eigenvalue weighted by atomic mass is 19.1. The molecule has 4 nitrogen and oxygen atoms in total. The number of hydrogen-bond acceptors (Lipinski definition) is 4. The average molecular weight is 391 g/mol. The number of benzene rings is 3. The molecule has 2 aliphatic heterocycles. The predicted molar refractivity (Wildman–Crippen MR) is 115 cm³/mol. The van der Waals surface area contributed by atoms with Crippen LogP contribution in [0, 0.1) is 5.82 Å². The van der Waals surface area contributed by atoms with Crippen molar-refractivity contribution >= 4 is 16.5 Å². The van der Waals surface area contributed by atoms with E-state index >= 15 is 0 Å². The maximum absolute atomic E-state index is 14.4. The minimum Gasteiger partial charge on any atom is -0.492 e. The minimum atomic E-state index is -0.140. The summed E-state index contributed by atoms with van der Waals surface area (Å²) in [6.07, 6.45) is 0. The number of nitrogens with one attached hydrogen (secondary N) is 1. The fourth-order valence-corrected chi connectivity index (χ4v) is 4.41. The van der Waals surface area contributed by atoms with Crippen LogP contribution in [0.4, 0.5) is 10.1 Å².